The molecule has 1 fully saturated rings. The van der Waals surface area contributed by atoms with Gasteiger partial charge >= 0.3 is 0 Å². The predicted molar refractivity (Wildman–Crippen MR) is 153 cm³/mol. The maximum absolute atomic E-state index is 12.6. The second kappa shape index (κ2) is 13.6. The van der Waals surface area contributed by atoms with Crippen LogP contribution in [-0.2, 0) is 0 Å². The van der Waals surface area contributed by atoms with Crippen LogP contribution in [0.4, 0.5) is 5.82 Å². The summed E-state index contributed by atoms with van der Waals surface area (Å²) >= 11 is 0. The molecular weight excluding hydrogens is 454 g/mol. The molecule has 2 N–H and O–H groups in total. The maximum Gasteiger partial charge on any atom is 0.162 e. The zero-order valence-corrected chi connectivity index (χ0v) is 22.0. The second-order valence-corrected chi connectivity index (χ2v) is 9.84. The van der Waals surface area contributed by atoms with E-state index in [-0.39, 0.29) is 5.78 Å². The Labute approximate surface area is 221 Å². The molecule has 1 saturated heterocycles. The number of nitrogen functional groups attached to an aromatic ring is 1. The largest absolute Gasteiger partial charge is 0.383 e. The molecule has 4 rings (SSSR count). The fraction of sp³-hybridized carbons (Fsp3) is 0.394. The van der Waals surface area contributed by atoms with E-state index < -0.39 is 0 Å². The molecule has 4 nitrogen and oxygen atoms in total. The van der Waals surface area contributed by atoms with Gasteiger partial charge in [0, 0.05) is 46.5 Å². The number of Topliss-reactive ketones (excluding diaryl/α,β-unsaturated/α-hetero) is 1. The Bertz CT molecular complexity index is 1330. The number of benzene rings is 2. The SMILES string of the molecule is CCCCC#Cc1ccc2cnc(N)c(C#Cc3ccc(C(=O)CCCCN4CCCCC4)cc3)c2c1. The van der Waals surface area contributed by atoms with Crippen molar-refractivity contribution in [3.05, 3.63) is 70.9 Å². The molecule has 0 spiro atoms. The number of hydrogen-bond acceptors (Lipinski definition) is 4. The lowest BCUT2D eigenvalue weighted by atomic mass is 10.0. The average Bonchev–Trinajstić information content (AvgIpc) is 2.93. The Hall–Kier alpha value is -3.60. The number of pyridine rings is 1. The van der Waals surface area contributed by atoms with E-state index in [1.165, 1.54) is 32.4 Å². The smallest absolute Gasteiger partial charge is 0.162 e. The van der Waals surface area contributed by atoms with Crippen LogP contribution >= 0.6 is 0 Å². The summed E-state index contributed by atoms with van der Waals surface area (Å²) in [6.07, 6.45) is 11.5. The van der Waals surface area contributed by atoms with Gasteiger partial charge in [-0.25, -0.2) is 4.98 Å². The summed E-state index contributed by atoms with van der Waals surface area (Å²) in [4.78, 5) is 19.5. The first-order valence-corrected chi connectivity index (χ1v) is 13.7. The van der Waals surface area contributed by atoms with E-state index in [2.05, 4.69) is 40.5 Å². The summed E-state index contributed by atoms with van der Waals surface area (Å²) in [5.41, 5.74) is 9.47. The molecular formula is C33H37N3O. The molecule has 1 aliphatic rings. The van der Waals surface area contributed by atoms with E-state index in [1.807, 2.05) is 42.5 Å². The van der Waals surface area contributed by atoms with E-state index in [9.17, 15) is 4.79 Å². The first-order chi connectivity index (χ1) is 18.1. The quantitative estimate of drug-likeness (QED) is 0.219. The summed E-state index contributed by atoms with van der Waals surface area (Å²) < 4.78 is 0. The van der Waals surface area contributed by atoms with Gasteiger partial charge in [-0.15, -0.1) is 0 Å². The molecule has 0 aliphatic carbocycles. The van der Waals surface area contributed by atoms with Crippen LogP contribution < -0.4 is 5.73 Å². The Morgan fingerprint density at radius 3 is 2.51 bits per heavy atom. The number of fused-ring (bicyclic) bond motifs is 1. The zero-order valence-electron chi connectivity index (χ0n) is 22.0. The highest BCUT2D eigenvalue weighted by atomic mass is 16.1. The molecule has 190 valence electrons. The topological polar surface area (TPSA) is 59.2 Å². The first kappa shape index (κ1) is 26.5. The third kappa shape index (κ3) is 7.69. The standard InChI is InChI=1S/C33H37N3O/c1-2-3-4-6-11-27-15-19-29-25-35-33(34)30(31(29)24-27)20-16-26-13-17-28(18-14-26)32(37)12-7-10-23-36-21-8-5-9-22-36/h13-15,17-19,24-25H,2-5,7-10,12,21-23H2,1H3,(H2,34,35). The van der Waals surface area contributed by atoms with Gasteiger partial charge in [0.15, 0.2) is 5.78 Å². The molecule has 2 aromatic carbocycles. The summed E-state index contributed by atoms with van der Waals surface area (Å²) in [7, 11) is 0. The zero-order chi connectivity index (χ0) is 25.9. The van der Waals surface area contributed by atoms with Crippen molar-refractivity contribution in [2.24, 2.45) is 0 Å². The van der Waals surface area contributed by atoms with Crippen LogP contribution in [0.25, 0.3) is 10.8 Å². The fourth-order valence-electron chi connectivity index (χ4n) is 4.69. The molecule has 0 unspecified atom stereocenters. The lowest BCUT2D eigenvalue weighted by molar-refractivity contribution is 0.0977. The molecule has 37 heavy (non-hydrogen) atoms. The monoisotopic (exact) mass is 491 g/mol. The molecule has 0 saturated carbocycles. The number of carbonyl (C=O) groups is 1. The number of piperidine rings is 1. The molecule has 1 aromatic heterocycles. The number of unbranched alkanes of at least 4 members (excludes halogenated alkanes) is 3. The molecule has 0 amide bonds. The van der Waals surface area contributed by atoms with E-state index >= 15 is 0 Å². The Morgan fingerprint density at radius 2 is 1.73 bits per heavy atom. The number of rotatable bonds is 8. The van der Waals surface area contributed by atoms with Gasteiger partial charge < -0.3 is 10.6 Å². The summed E-state index contributed by atoms with van der Waals surface area (Å²) in [5.74, 6) is 13.5. The number of nitrogens with zero attached hydrogens (tertiary/aromatic N) is 2. The normalized spacial score (nSPS) is 13.4. The van der Waals surface area contributed by atoms with Crippen molar-refractivity contribution in [3.63, 3.8) is 0 Å². The lowest BCUT2D eigenvalue weighted by Gasteiger charge is -2.26. The van der Waals surface area contributed by atoms with Crippen molar-refractivity contribution < 1.29 is 4.79 Å². The van der Waals surface area contributed by atoms with Gasteiger partial charge in [0.05, 0.1) is 5.56 Å². The minimum atomic E-state index is 0.202. The van der Waals surface area contributed by atoms with Crippen LogP contribution in [0.1, 0.15) is 91.8 Å². The lowest BCUT2D eigenvalue weighted by Crippen LogP contribution is -2.30. The predicted octanol–water partition coefficient (Wildman–Crippen LogP) is 6.60. The van der Waals surface area contributed by atoms with E-state index in [1.54, 1.807) is 6.20 Å². The number of ketones is 1. The van der Waals surface area contributed by atoms with Crippen molar-refractivity contribution in [2.75, 3.05) is 25.4 Å². The summed E-state index contributed by atoms with van der Waals surface area (Å²) in [6.45, 7) is 5.71. The van der Waals surface area contributed by atoms with Crippen molar-refractivity contribution in [1.82, 2.24) is 9.88 Å². The molecule has 0 bridgehead atoms. The van der Waals surface area contributed by atoms with Crippen molar-refractivity contribution in [2.45, 2.75) is 64.7 Å². The van der Waals surface area contributed by atoms with Crippen LogP contribution in [0.3, 0.4) is 0 Å². The Morgan fingerprint density at radius 1 is 0.946 bits per heavy atom. The van der Waals surface area contributed by atoms with Crippen LogP contribution in [0.5, 0.6) is 0 Å². The van der Waals surface area contributed by atoms with Crippen LogP contribution in [-0.4, -0.2) is 35.3 Å². The van der Waals surface area contributed by atoms with Crippen LogP contribution in [0.15, 0.2) is 48.7 Å². The fourth-order valence-corrected chi connectivity index (χ4v) is 4.69. The van der Waals surface area contributed by atoms with Gasteiger partial charge in [0.1, 0.15) is 5.82 Å². The average molecular weight is 492 g/mol. The minimum Gasteiger partial charge on any atom is -0.383 e. The van der Waals surface area contributed by atoms with E-state index in [0.717, 1.165) is 66.1 Å². The number of anilines is 1. The highest BCUT2D eigenvalue weighted by Crippen LogP contribution is 2.23. The molecule has 4 heteroatoms. The van der Waals surface area contributed by atoms with Crippen LogP contribution in [0, 0.1) is 23.7 Å². The third-order valence-electron chi connectivity index (χ3n) is 6.93. The third-order valence-corrected chi connectivity index (χ3v) is 6.93. The molecule has 2 heterocycles. The number of carbonyl (C=O) groups excluding carboxylic acids is 1. The van der Waals surface area contributed by atoms with Gasteiger partial charge in [-0.05, 0) is 76.0 Å². The van der Waals surface area contributed by atoms with Gasteiger partial charge in [-0.3, -0.25) is 4.79 Å². The highest BCUT2D eigenvalue weighted by molar-refractivity contribution is 5.96. The maximum atomic E-state index is 12.6. The van der Waals surface area contributed by atoms with Gasteiger partial charge in [0.2, 0.25) is 0 Å². The number of likely N-dealkylation sites (tertiary alicyclic amines) is 1. The molecule has 3 aromatic rings. The Balaban J connectivity index is 1.40. The summed E-state index contributed by atoms with van der Waals surface area (Å²) in [5, 5.41) is 1.94. The van der Waals surface area contributed by atoms with Gasteiger partial charge in [-0.2, -0.15) is 0 Å². The van der Waals surface area contributed by atoms with Crippen molar-refractivity contribution in [1.29, 1.82) is 0 Å². The number of aromatic nitrogens is 1. The van der Waals surface area contributed by atoms with E-state index in [0.29, 0.717) is 17.8 Å². The first-order valence-electron chi connectivity index (χ1n) is 13.7. The highest BCUT2D eigenvalue weighted by Gasteiger charge is 2.11. The molecule has 0 radical (unpaired) electrons. The van der Waals surface area contributed by atoms with Gasteiger partial charge in [-0.1, -0.05) is 61.6 Å². The number of nitrogens with two attached hydrogens (primary N) is 1. The van der Waals surface area contributed by atoms with Crippen molar-refractivity contribution in [3.8, 4) is 23.7 Å². The summed E-state index contributed by atoms with van der Waals surface area (Å²) in [6, 6.07) is 13.7. The minimum absolute atomic E-state index is 0.202. The number of hydrogen-bond donors (Lipinski definition) is 1. The molecule has 0 atom stereocenters. The van der Waals surface area contributed by atoms with Crippen molar-refractivity contribution >= 4 is 22.4 Å². The molecule has 1 aliphatic heterocycles. The Kier molecular flexibility index (Phi) is 9.75. The van der Waals surface area contributed by atoms with Crippen LogP contribution in [0.2, 0.25) is 0 Å². The second-order valence-electron chi connectivity index (χ2n) is 9.84. The van der Waals surface area contributed by atoms with E-state index in [4.69, 9.17) is 5.73 Å². The van der Waals surface area contributed by atoms with Gasteiger partial charge in [0.25, 0.3) is 0 Å².